The lowest BCUT2D eigenvalue weighted by Gasteiger charge is -2.27. The van der Waals surface area contributed by atoms with Crippen molar-refractivity contribution in [2.45, 2.75) is 51.7 Å². The number of nitrogens with two attached hydrogens (primary N) is 1. The van der Waals surface area contributed by atoms with Gasteiger partial charge in [-0.2, -0.15) is 0 Å². The predicted molar refractivity (Wildman–Crippen MR) is 51.0 cm³/mol. The average molecular weight is 171 g/mol. The van der Waals surface area contributed by atoms with E-state index in [1.54, 1.807) is 0 Å². The maximum atomic E-state index is 5.69. The van der Waals surface area contributed by atoms with E-state index in [1.807, 2.05) is 6.92 Å². The molecule has 0 aliphatic heterocycles. The van der Waals surface area contributed by atoms with Crippen LogP contribution >= 0.6 is 0 Å². The zero-order valence-electron chi connectivity index (χ0n) is 8.25. The van der Waals surface area contributed by atoms with E-state index >= 15 is 0 Å². The molecule has 2 nitrogen and oxygen atoms in total. The maximum Gasteiger partial charge on any atom is 0.0618 e. The molecular weight excluding hydrogens is 150 g/mol. The molecule has 12 heavy (non-hydrogen) atoms. The van der Waals surface area contributed by atoms with Crippen molar-refractivity contribution < 1.29 is 4.74 Å². The van der Waals surface area contributed by atoms with Gasteiger partial charge < -0.3 is 10.5 Å². The Morgan fingerprint density at radius 2 is 2.25 bits per heavy atom. The van der Waals surface area contributed by atoms with Gasteiger partial charge in [-0.15, -0.1) is 0 Å². The fourth-order valence-electron chi connectivity index (χ4n) is 1.82. The molecule has 2 N–H and O–H groups in total. The van der Waals surface area contributed by atoms with Crippen molar-refractivity contribution in [1.82, 2.24) is 0 Å². The van der Waals surface area contributed by atoms with Gasteiger partial charge in [0.15, 0.2) is 0 Å². The van der Waals surface area contributed by atoms with Crippen LogP contribution in [0, 0.1) is 5.92 Å². The standard InChI is InChI=1S/C10H21NO/c1-8-4-3-5-10(6-8)12-7-9(2)11/h8-10H,3-7,11H2,1-2H3. The molecule has 0 heterocycles. The van der Waals surface area contributed by atoms with E-state index in [0.717, 1.165) is 12.5 Å². The summed E-state index contributed by atoms with van der Waals surface area (Å²) in [5.41, 5.74) is 5.62. The first-order valence-corrected chi connectivity index (χ1v) is 5.05. The van der Waals surface area contributed by atoms with Crippen LogP contribution in [0.5, 0.6) is 0 Å². The van der Waals surface area contributed by atoms with E-state index in [2.05, 4.69) is 6.92 Å². The van der Waals surface area contributed by atoms with Crippen LogP contribution in [0.1, 0.15) is 39.5 Å². The molecule has 1 rings (SSSR count). The van der Waals surface area contributed by atoms with Gasteiger partial charge in [0.25, 0.3) is 0 Å². The molecule has 0 saturated heterocycles. The smallest absolute Gasteiger partial charge is 0.0618 e. The molecule has 1 saturated carbocycles. The third kappa shape index (κ3) is 3.55. The lowest BCUT2D eigenvalue weighted by atomic mass is 9.89. The normalized spacial score (nSPS) is 33.2. The molecule has 3 unspecified atom stereocenters. The average Bonchev–Trinajstić information content (AvgIpc) is 2.01. The predicted octanol–water partition coefficient (Wildman–Crippen LogP) is 1.93. The van der Waals surface area contributed by atoms with Crippen molar-refractivity contribution in [3.63, 3.8) is 0 Å². The summed E-state index contributed by atoms with van der Waals surface area (Å²) in [6.07, 6.45) is 5.65. The Labute approximate surface area is 75.5 Å². The van der Waals surface area contributed by atoms with Gasteiger partial charge in [0.1, 0.15) is 0 Å². The van der Waals surface area contributed by atoms with E-state index < -0.39 is 0 Å². The minimum Gasteiger partial charge on any atom is -0.377 e. The highest BCUT2D eigenvalue weighted by Gasteiger charge is 2.19. The van der Waals surface area contributed by atoms with Crippen molar-refractivity contribution in [3.8, 4) is 0 Å². The van der Waals surface area contributed by atoms with Crippen molar-refractivity contribution in [1.29, 1.82) is 0 Å². The Morgan fingerprint density at radius 3 is 2.83 bits per heavy atom. The second-order valence-electron chi connectivity index (χ2n) is 4.20. The molecule has 1 fully saturated rings. The van der Waals surface area contributed by atoms with Gasteiger partial charge >= 0.3 is 0 Å². The van der Waals surface area contributed by atoms with Crippen LogP contribution in [0.25, 0.3) is 0 Å². The Balaban J connectivity index is 2.14. The summed E-state index contributed by atoms with van der Waals surface area (Å²) in [6, 6.07) is 0.183. The Bertz CT molecular complexity index is 125. The molecule has 0 radical (unpaired) electrons. The van der Waals surface area contributed by atoms with Crippen molar-refractivity contribution in [2.75, 3.05) is 6.61 Å². The van der Waals surface area contributed by atoms with Crippen LogP contribution in [0.4, 0.5) is 0 Å². The quantitative estimate of drug-likeness (QED) is 0.704. The number of ether oxygens (including phenoxy) is 1. The molecule has 0 aromatic heterocycles. The molecule has 0 amide bonds. The summed E-state index contributed by atoms with van der Waals surface area (Å²) in [7, 11) is 0. The monoisotopic (exact) mass is 171 g/mol. The molecule has 72 valence electrons. The van der Waals surface area contributed by atoms with Crippen LogP contribution in [0.2, 0.25) is 0 Å². The maximum absolute atomic E-state index is 5.69. The first kappa shape index (κ1) is 10.0. The summed E-state index contributed by atoms with van der Waals surface area (Å²) < 4.78 is 5.69. The number of rotatable bonds is 3. The zero-order valence-corrected chi connectivity index (χ0v) is 8.25. The van der Waals surface area contributed by atoms with E-state index in [0.29, 0.717) is 6.10 Å². The second kappa shape index (κ2) is 4.83. The van der Waals surface area contributed by atoms with E-state index in [9.17, 15) is 0 Å². The highest BCUT2D eigenvalue weighted by Crippen LogP contribution is 2.25. The summed E-state index contributed by atoms with van der Waals surface area (Å²) >= 11 is 0. The molecular formula is C10H21NO. The van der Waals surface area contributed by atoms with Crippen LogP contribution < -0.4 is 5.73 Å². The second-order valence-corrected chi connectivity index (χ2v) is 4.20. The van der Waals surface area contributed by atoms with Gasteiger partial charge in [-0.3, -0.25) is 0 Å². The highest BCUT2D eigenvalue weighted by molar-refractivity contribution is 4.70. The molecule has 1 aliphatic carbocycles. The molecule has 0 aromatic rings. The lowest BCUT2D eigenvalue weighted by molar-refractivity contribution is 0.0106. The van der Waals surface area contributed by atoms with Gasteiger partial charge in [0, 0.05) is 6.04 Å². The van der Waals surface area contributed by atoms with Crippen molar-refractivity contribution in [2.24, 2.45) is 11.7 Å². The first-order chi connectivity index (χ1) is 5.68. The molecule has 2 heteroatoms. The fraction of sp³-hybridized carbons (Fsp3) is 1.00. The highest BCUT2D eigenvalue weighted by atomic mass is 16.5. The molecule has 0 aromatic carbocycles. The summed E-state index contributed by atoms with van der Waals surface area (Å²) in [6.45, 7) is 5.02. The molecule has 1 aliphatic rings. The topological polar surface area (TPSA) is 35.2 Å². The van der Waals surface area contributed by atoms with Crippen molar-refractivity contribution >= 4 is 0 Å². The lowest BCUT2D eigenvalue weighted by Crippen LogP contribution is -2.28. The minimum atomic E-state index is 0.183. The molecule has 3 atom stereocenters. The van der Waals surface area contributed by atoms with Gasteiger partial charge in [0.05, 0.1) is 12.7 Å². The Hall–Kier alpha value is -0.0800. The third-order valence-corrected chi connectivity index (χ3v) is 2.48. The van der Waals surface area contributed by atoms with Crippen LogP contribution in [0.15, 0.2) is 0 Å². The summed E-state index contributed by atoms with van der Waals surface area (Å²) in [5.74, 6) is 0.844. The van der Waals surface area contributed by atoms with Crippen LogP contribution in [-0.4, -0.2) is 18.8 Å². The van der Waals surface area contributed by atoms with E-state index in [-0.39, 0.29) is 6.04 Å². The number of hydrogen-bond donors (Lipinski definition) is 1. The van der Waals surface area contributed by atoms with Gasteiger partial charge in [0.2, 0.25) is 0 Å². The van der Waals surface area contributed by atoms with E-state index in [4.69, 9.17) is 10.5 Å². The Kier molecular flexibility index (Phi) is 4.02. The van der Waals surface area contributed by atoms with Gasteiger partial charge in [-0.1, -0.05) is 19.8 Å². The summed E-state index contributed by atoms with van der Waals surface area (Å²) in [4.78, 5) is 0. The minimum absolute atomic E-state index is 0.183. The fourth-order valence-corrected chi connectivity index (χ4v) is 1.82. The van der Waals surface area contributed by atoms with Crippen LogP contribution in [-0.2, 0) is 4.74 Å². The first-order valence-electron chi connectivity index (χ1n) is 5.05. The van der Waals surface area contributed by atoms with Crippen molar-refractivity contribution in [3.05, 3.63) is 0 Å². The van der Waals surface area contributed by atoms with Gasteiger partial charge in [-0.05, 0) is 25.7 Å². The summed E-state index contributed by atoms with van der Waals surface area (Å²) in [5, 5.41) is 0. The zero-order chi connectivity index (χ0) is 8.97. The number of hydrogen-bond acceptors (Lipinski definition) is 2. The largest absolute Gasteiger partial charge is 0.377 e. The van der Waals surface area contributed by atoms with Gasteiger partial charge in [-0.25, -0.2) is 0 Å². The van der Waals surface area contributed by atoms with E-state index in [1.165, 1.54) is 25.7 Å². The van der Waals surface area contributed by atoms with Crippen LogP contribution in [0.3, 0.4) is 0 Å². The Morgan fingerprint density at radius 1 is 1.50 bits per heavy atom. The third-order valence-electron chi connectivity index (χ3n) is 2.48. The SMILES string of the molecule is CC(N)COC1CCCC(C)C1. The molecule has 0 spiro atoms. The molecule has 0 bridgehead atoms.